The second-order valence-corrected chi connectivity index (χ2v) is 8.87. The molecule has 2 N–H and O–H groups in total. The van der Waals surface area contributed by atoms with Gasteiger partial charge in [-0.15, -0.1) is 0 Å². The van der Waals surface area contributed by atoms with Gasteiger partial charge in [0, 0.05) is 35.7 Å². The molecule has 29 heavy (non-hydrogen) atoms. The Kier molecular flexibility index (Phi) is 4.57. The van der Waals surface area contributed by atoms with Gasteiger partial charge in [0.25, 0.3) is 11.2 Å². The maximum Gasteiger partial charge on any atom is 0.269 e. The van der Waals surface area contributed by atoms with Crippen LogP contribution in [-0.2, 0) is 4.79 Å². The predicted octanol–water partition coefficient (Wildman–Crippen LogP) is 3.60. The van der Waals surface area contributed by atoms with Gasteiger partial charge < -0.3 is 10.3 Å². The fourth-order valence-corrected chi connectivity index (χ4v) is 4.49. The van der Waals surface area contributed by atoms with Crippen molar-refractivity contribution in [3.05, 3.63) is 67.1 Å². The SMILES string of the molecule is CSc1nc2c(c(=O)[nH]1)[C@@H](c1ccc([N+](=O)[O-])cc1)C1=C(CC(C)(C)CC1=O)N2. The average molecular weight is 412 g/mol. The Morgan fingerprint density at radius 1 is 1.21 bits per heavy atom. The number of aromatic amines is 1. The van der Waals surface area contributed by atoms with Crippen molar-refractivity contribution in [3.63, 3.8) is 0 Å². The minimum absolute atomic E-state index is 0.0221. The number of Topliss-reactive ketones (excluding diaryl/α,β-unsaturated/α-hetero) is 1. The maximum atomic E-state index is 13.1. The molecular formula is C20H20N4O4S. The summed E-state index contributed by atoms with van der Waals surface area (Å²) in [5.41, 5.74) is 1.77. The molecule has 8 nitrogen and oxygen atoms in total. The van der Waals surface area contributed by atoms with Gasteiger partial charge in [-0.2, -0.15) is 0 Å². The number of benzene rings is 1. The zero-order chi connectivity index (χ0) is 20.9. The molecule has 1 aliphatic heterocycles. The lowest BCUT2D eigenvalue weighted by Crippen LogP contribution is -2.37. The molecule has 0 saturated heterocycles. The Morgan fingerprint density at radius 2 is 1.90 bits per heavy atom. The van der Waals surface area contributed by atoms with E-state index < -0.39 is 10.8 Å². The number of H-pyrrole nitrogens is 1. The second kappa shape index (κ2) is 6.84. The molecule has 0 bridgehead atoms. The number of nitrogens with zero attached hydrogens (tertiary/aromatic N) is 2. The number of fused-ring (bicyclic) bond motifs is 1. The summed E-state index contributed by atoms with van der Waals surface area (Å²) < 4.78 is 0. The van der Waals surface area contributed by atoms with Gasteiger partial charge in [-0.1, -0.05) is 37.7 Å². The number of aromatic nitrogens is 2. The number of non-ortho nitro benzene ring substituents is 1. The fourth-order valence-electron chi connectivity index (χ4n) is 4.11. The lowest BCUT2D eigenvalue weighted by atomic mass is 9.69. The normalized spacial score (nSPS) is 20.0. The Bertz CT molecular complexity index is 1120. The summed E-state index contributed by atoms with van der Waals surface area (Å²) >= 11 is 1.32. The highest BCUT2D eigenvalue weighted by molar-refractivity contribution is 7.98. The first kappa shape index (κ1) is 19.4. The lowest BCUT2D eigenvalue weighted by molar-refractivity contribution is -0.384. The van der Waals surface area contributed by atoms with Crippen molar-refractivity contribution < 1.29 is 9.72 Å². The Labute approximate surface area is 171 Å². The number of ketones is 1. The van der Waals surface area contributed by atoms with Crippen molar-refractivity contribution in [1.29, 1.82) is 0 Å². The summed E-state index contributed by atoms with van der Waals surface area (Å²) in [4.78, 5) is 43.9. The van der Waals surface area contributed by atoms with Crippen LogP contribution in [0, 0.1) is 15.5 Å². The quantitative estimate of drug-likeness (QED) is 0.342. The number of carbonyl (C=O) groups is 1. The van der Waals surface area contributed by atoms with E-state index >= 15 is 0 Å². The molecule has 1 aromatic carbocycles. The summed E-state index contributed by atoms with van der Waals surface area (Å²) in [7, 11) is 0. The number of anilines is 1. The van der Waals surface area contributed by atoms with Crippen LogP contribution in [0.1, 0.15) is 43.7 Å². The van der Waals surface area contributed by atoms with Crippen LogP contribution in [0.15, 0.2) is 45.5 Å². The molecule has 9 heteroatoms. The highest BCUT2D eigenvalue weighted by Crippen LogP contribution is 2.47. The average Bonchev–Trinajstić information content (AvgIpc) is 2.65. The monoisotopic (exact) mass is 412 g/mol. The highest BCUT2D eigenvalue weighted by atomic mass is 32.2. The molecule has 2 aliphatic rings. The fraction of sp³-hybridized carbons (Fsp3) is 0.350. The molecule has 4 rings (SSSR count). The van der Waals surface area contributed by atoms with E-state index in [4.69, 9.17) is 0 Å². The van der Waals surface area contributed by atoms with Gasteiger partial charge >= 0.3 is 0 Å². The topological polar surface area (TPSA) is 118 Å². The minimum Gasteiger partial charge on any atom is -0.343 e. The number of nitrogens with one attached hydrogen (secondary N) is 2. The number of rotatable bonds is 3. The summed E-state index contributed by atoms with van der Waals surface area (Å²) in [5.74, 6) is -0.199. The van der Waals surface area contributed by atoms with E-state index in [0.29, 0.717) is 40.5 Å². The zero-order valence-electron chi connectivity index (χ0n) is 16.2. The first-order valence-electron chi connectivity index (χ1n) is 9.16. The molecule has 1 aliphatic carbocycles. The van der Waals surface area contributed by atoms with Crippen molar-refractivity contribution in [2.45, 2.75) is 37.8 Å². The van der Waals surface area contributed by atoms with Gasteiger partial charge in [0.1, 0.15) is 5.82 Å². The highest BCUT2D eigenvalue weighted by Gasteiger charge is 2.42. The van der Waals surface area contributed by atoms with E-state index in [0.717, 1.165) is 5.70 Å². The molecular weight excluding hydrogens is 392 g/mol. The van der Waals surface area contributed by atoms with Crippen LogP contribution in [0.4, 0.5) is 11.5 Å². The zero-order valence-corrected chi connectivity index (χ0v) is 17.1. The van der Waals surface area contributed by atoms with E-state index in [-0.39, 0.29) is 22.4 Å². The van der Waals surface area contributed by atoms with Crippen LogP contribution in [0.25, 0.3) is 0 Å². The van der Waals surface area contributed by atoms with Crippen LogP contribution in [0.3, 0.4) is 0 Å². The lowest BCUT2D eigenvalue weighted by Gasteiger charge is -2.38. The number of thioether (sulfide) groups is 1. The summed E-state index contributed by atoms with van der Waals surface area (Å²) in [6.07, 6.45) is 2.85. The smallest absolute Gasteiger partial charge is 0.269 e. The number of carbonyl (C=O) groups excluding carboxylic acids is 1. The van der Waals surface area contributed by atoms with Crippen LogP contribution in [0.2, 0.25) is 0 Å². The third-order valence-corrected chi connectivity index (χ3v) is 5.91. The first-order chi connectivity index (χ1) is 13.7. The Hall–Kier alpha value is -2.94. The summed E-state index contributed by atoms with van der Waals surface area (Å²) in [6, 6.07) is 6.01. The Morgan fingerprint density at radius 3 is 2.52 bits per heavy atom. The van der Waals surface area contributed by atoms with Gasteiger partial charge in [-0.25, -0.2) is 4.98 Å². The summed E-state index contributed by atoms with van der Waals surface area (Å²) in [6.45, 7) is 4.07. The number of nitro benzene ring substituents is 1. The number of hydrogen-bond donors (Lipinski definition) is 2. The van der Waals surface area contributed by atoms with Crippen molar-refractivity contribution in [2.24, 2.45) is 5.41 Å². The van der Waals surface area contributed by atoms with Gasteiger partial charge in [0.2, 0.25) is 0 Å². The largest absolute Gasteiger partial charge is 0.343 e. The molecule has 150 valence electrons. The number of nitro groups is 1. The summed E-state index contributed by atoms with van der Waals surface area (Å²) in [5, 5.41) is 14.7. The van der Waals surface area contributed by atoms with E-state index in [9.17, 15) is 19.7 Å². The second-order valence-electron chi connectivity index (χ2n) is 8.08. The van der Waals surface area contributed by atoms with E-state index in [1.807, 2.05) is 20.1 Å². The maximum absolute atomic E-state index is 13.1. The Balaban J connectivity index is 1.95. The number of hydrogen-bond acceptors (Lipinski definition) is 7. The van der Waals surface area contributed by atoms with Gasteiger partial charge in [-0.3, -0.25) is 19.7 Å². The van der Waals surface area contributed by atoms with Crippen LogP contribution in [0.5, 0.6) is 0 Å². The number of allylic oxidation sites excluding steroid dienone is 2. The van der Waals surface area contributed by atoms with Crippen LogP contribution < -0.4 is 10.9 Å². The molecule has 0 radical (unpaired) electrons. The molecule has 2 heterocycles. The van der Waals surface area contributed by atoms with Gasteiger partial charge in [0.15, 0.2) is 10.9 Å². The minimum atomic E-state index is -0.613. The van der Waals surface area contributed by atoms with Crippen molar-refractivity contribution in [2.75, 3.05) is 11.6 Å². The standard InChI is InChI=1S/C20H20N4O4S/c1-20(2)8-12-15(13(25)9-20)14(10-4-6-11(7-5-10)24(27)28)16-17(21-12)22-19(29-3)23-18(16)26/h4-7,14H,8-9H2,1-3H3,(H2,21,22,23,26)/t14-/m0/s1. The van der Waals surface area contributed by atoms with Crippen LogP contribution >= 0.6 is 11.8 Å². The molecule has 0 spiro atoms. The molecule has 1 atom stereocenters. The molecule has 2 aromatic rings. The predicted molar refractivity (Wildman–Crippen MR) is 110 cm³/mol. The van der Waals surface area contributed by atoms with Gasteiger partial charge in [0.05, 0.1) is 10.5 Å². The molecule has 1 aromatic heterocycles. The molecule has 0 amide bonds. The van der Waals surface area contributed by atoms with E-state index in [1.54, 1.807) is 12.1 Å². The molecule has 0 fully saturated rings. The third-order valence-electron chi connectivity index (χ3n) is 5.33. The van der Waals surface area contributed by atoms with E-state index in [1.165, 1.54) is 23.9 Å². The van der Waals surface area contributed by atoms with Crippen molar-refractivity contribution in [3.8, 4) is 0 Å². The van der Waals surface area contributed by atoms with E-state index in [2.05, 4.69) is 15.3 Å². The van der Waals surface area contributed by atoms with Gasteiger partial charge in [-0.05, 0) is 23.7 Å². The molecule has 0 unspecified atom stereocenters. The van der Waals surface area contributed by atoms with Crippen molar-refractivity contribution >= 4 is 29.1 Å². The van der Waals surface area contributed by atoms with Crippen molar-refractivity contribution in [1.82, 2.24) is 9.97 Å². The third kappa shape index (κ3) is 3.35. The first-order valence-corrected chi connectivity index (χ1v) is 10.4. The van der Waals surface area contributed by atoms with Crippen LogP contribution in [-0.4, -0.2) is 26.9 Å². The molecule has 0 saturated carbocycles.